The van der Waals surface area contributed by atoms with Crippen LogP contribution in [0.2, 0.25) is 0 Å². The molecule has 84 valence electrons. The Morgan fingerprint density at radius 2 is 2.00 bits per heavy atom. The summed E-state index contributed by atoms with van der Waals surface area (Å²) in [6.45, 7) is 6.12. The largest absolute Gasteiger partial charge is 0.204 e. The first-order chi connectivity index (χ1) is 7.47. The molecule has 0 atom stereocenters. The molecular weight excluding hydrogens is 268 g/mol. The highest BCUT2D eigenvalue weighted by atomic mass is 79.9. The molecule has 4 nitrogen and oxygen atoms in total. The lowest BCUT2D eigenvalue weighted by molar-refractivity contribution is 0.306. The molecule has 0 aliphatic heterocycles. The first-order valence-corrected chi connectivity index (χ1v) is 5.82. The summed E-state index contributed by atoms with van der Waals surface area (Å²) >= 11 is 3.42. The molecule has 5 heteroatoms. The number of hydrogen-bond donors (Lipinski definition) is 0. The van der Waals surface area contributed by atoms with E-state index in [1.54, 1.807) is 4.80 Å². The molecule has 1 heterocycles. The third-order valence-corrected chi connectivity index (χ3v) is 2.59. The summed E-state index contributed by atoms with van der Waals surface area (Å²) in [7, 11) is 0. The maximum absolute atomic E-state index is 4.37. The summed E-state index contributed by atoms with van der Waals surface area (Å²) in [5, 5.41) is 12.5. The van der Waals surface area contributed by atoms with Crippen LogP contribution in [-0.4, -0.2) is 20.2 Å². The monoisotopic (exact) mass is 280 g/mol. The van der Waals surface area contributed by atoms with Gasteiger partial charge in [0, 0.05) is 10.0 Å². The van der Waals surface area contributed by atoms with Gasteiger partial charge in [-0.15, -0.1) is 10.2 Å². The molecule has 1 aromatic heterocycles. The fraction of sp³-hybridized carbons (Fsp3) is 0.364. The Hall–Kier alpha value is -1.23. The molecule has 1 aromatic carbocycles. The van der Waals surface area contributed by atoms with Crippen molar-refractivity contribution in [2.75, 3.05) is 0 Å². The lowest BCUT2D eigenvalue weighted by Gasteiger charge is -2.15. The molecule has 2 rings (SSSR count). The van der Waals surface area contributed by atoms with E-state index in [2.05, 4.69) is 31.3 Å². The third kappa shape index (κ3) is 2.29. The number of halogens is 1. The van der Waals surface area contributed by atoms with Crippen LogP contribution in [0.4, 0.5) is 0 Å². The molecule has 0 radical (unpaired) electrons. The van der Waals surface area contributed by atoms with Crippen LogP contribution in [0.5, 0.6) is 0 Å². The summed E-state index contributed by atoms with van der Waals surface area (Å²) in [6.07, 6.45) is 0. The van der Waals surface area contributed by atoms with Crippen LogP contribution < -0.4 is 0 Å². The molecule has 0 N–H and O–H groups in total. The number of nitrogens with zero attached hydrogens (tertiary/aromatic N) is 4. The van der Waals surface area contributed by atoms with Crippen LogP contribution in [0.1, 0.15) is 20.8 Å². The fourth-order valence-corrected chi connectivity index (χ4v) is 1.64. The maximum Gasteiger partial charge on any atom is 0.204 e. The van der Waals surface area contributed by atoms with Crippen molar-refractivity contribution in [1.29, 1.82) is 0 Å². The SMILES string of the molecule is CC(C)(C)n1nnc(-c2cccc(Br)c2)n1. The summed E-state index contributed by atoms with van der Waals surface area (Å²) in [5.74, 6) is 0.649. The minimum absolute atomic E-state index is 0.142. The minimum Gasteiger partial charge on any atom is -0.158 e. The van der Waals surface area contributed by atoms with Gasteiger partial charge in [-0.2, -0.15) is 4.80 Å². The molecule has 0 spiro atoms. The Balaban J connectivity index is 2.39. The fourth-order valence-electron chi connectivity index (χ4n) is 1.24. The summed E-state index contributed by atoms with van der Waals surface area (Å²) < 4.78 is 1.01. The normalized spacial score (nSPS) is 11.8. The van der Waals surface area contributed by atoms with Crippen LogP contribution in [0.3, 0.4) is 0 Å². The Morgan fingerprint density at radius 1 is 1.25 bits per heavy atom. The van der Waals surface area contributed by atoms with Gasteiger partial charge in [-0.25, -0.2) is 0 Å². The van der Waals surface area contributed by atoms with Crippen molar-refractivity contribution in [3.05, 3.63) is 28.7 Å². The quantitative estimate of drug-likeness (QED) is 0.807. The van der Waals surface area contributed by atoms with Gasteiger partial charge in [0.1, 0.15) is 0 Å². The van der Waals surface area contributed by atoms with Crippen LogP contribution in [0.25, 0.3) is 11.4 Å². The van der Waals surface area contributed by atoms with Gasteiger partial charge in [-0.05, 0) is 38.1 Å². The highest BCUT2D eigenvalue weighted by molar-refractivity contribution is 9.10. The first-order valence-electron chi connectivity index (χ1n) is 5.03. The van der Waals surface area contributed by atoms with Crippen molar-refractivity contribution in [2.24, 2.45) is 0 Å². The third-order valence-electron chi connectivity index (χ3n) is 2.10. The van der Waals surface area contributed by atoms with Crippen molar-refractivity contribution < 1.29 is 0 Å². The van der Waals surface area contributed by atoms with Crippen LogP contribution >= 0.6 is 15.9 Å². The standard InChI is InChI=1S/C11H13BrN4/c1-11(2,3)16-14-10(13-15-16)8-5-4-6-9(12)7-8/h4-7H,1-3H3. The van der Waals surface area contributed by atoms with E-state index >= 15 is 0 Å². The molecule has 0 saturated carbocycles. The second kappa shape index (κ2) is 3.97. The van der Waals surface area contributed by atoms with Gasteiger partial charge >= 0.3 is 0 Å². The second-order valence-electron chi connectivity index (χ2n) is 4.58. The molecular formula is C11H13BrN4. The lowest BCUT2D eigenvalue weighted by Crippen LogP contribution is -2.24. The molecule has 0 fully saturated rings. The number of benzene rings is 1. The Kier molecular flexibility index (Phi) is 2.80. The Labute approximate surface area is 103 Å². The van der Waals surface area contributed by atoms with Crippen LogP contribution in [0.15, 0.2) is 28.7 Å². The zero-order valence-electron chi connectivity index (χ0n) is 9.48. The smallest absolute Gasteiger partial charge is 0.158 e. The average molecular weight is 281 g/mol. The summed E-state index contributed by atoms with van der Waals surface area (Å²) in [4.78, 5) is 1.63. The highest BCUT2D eigenvalue weighted by Gasteiger charge is 2.17. The highest BCUT2D eigenvalue weighted by Crippen LogP contribution is 2.20. The van der Waals surface area contributed by atoms with Gasteiger partial charge in [0.05, 0.1) is 5.54 Å². The molecule has 0 saturated heterocycles. The van der Waals surface area contributed by atoms with Crippen LogP contribution in [0, 0.1) is 0 Å². The molecule has 0 bridgehead atoms. The van der Waals surface area contributed by atoms with E-state index < -0.39 is 0 Å². The molecule has 0 unspecified atom stereocenters. The number of aromatic nitrogens is 4. The predicted octanol–water partition coefficient (Wildman–Crippen LogP) is 2.86. The van der Waals surface area contributed by atoms with E-state index in [0.29, 0.717) is 5.82 Å². The number of rotatable bonds is 1. The maximum atomic E-state index is 4.37. The van der Waals surface area contributed by atoms with Crippen molar-refractivity contribution in [1.82, 2.24) is 20.2 Å². The van der Waals surface area contributed by atoms with E-state index in [1.165, 1.54) is 0 Å². The van der Waals surface area contributed by atoms with Crippen LogP contribution in [-0.2, 0) is 5.54 Å². The number of tetrazole rings is 1. The van der Waals surface area contributed by atoms with E-state index in [-0.39, 0.29) is 5.54 Å². The summed E-state index contributed by atoms with van der Waals surface area (Å²) in [6, 6.07) is 7.87. The van der Waals surface area contributed by atoms with Gasteiger partial charge in [0.2, 0.25) is 5.82 Å². The molecule has 0 amide bonds. The predicted molar refractivity (Wildman–Crippen MR) is 65.9 cm³/mol. The summed E-state index contributed by atoms with van der Waals surface area (Å²) in [5.41, 5.74) is 0.821. The van der Waals surface area contributed by atoms with Crippen molar-refractivity contribution >= 4 is 15.9 Å². The van der Waals surface area contributed by atoms with Gasteiger partial charge in [-0.1, -0.05) is 28.1 Å². The number of hydrogen-bond acceptors (Lipinski definition) is 3. The minimum atomic E-state index is -0.142. The van der Waals surface area contributed by atoms with Gasteiger partial charge in [0.25, 0.3) is 0 Å². The van der Waals surface area contributed by atoms with E-state index in [1.807, 2.05) is 45.0 Å². The first kappa shape index (κ1) is 11.3. The topological polar surface area (TPSA) is 43.6 Å². The average Bonchev–Trinajstić information content (AvgIpc) is 2.65. The zero-order valence-corrected chi connectivity index (χ0v) is 11.1. The van der Waals surface area contributed by atoms with Gasteiger partial charge in [-0.3, -0.25) is 0 Å². The molecule has 0 aliphatic rings. The zero-order chi connectivity index (χ0) is 11.8. The second-order valence-corrected chi connectivity index (χ2v) is 5.50. The van der Waals surface area contributed by atoms with Crippen molar-refractivity contribution in [3.8, 4) is 11.4 Å². The van der Waals surface area contributed by atoms with Crippen molar-refractivity contribution in [3.63, 3.8) is 0 Å². The van der Waals surface area contributed by atoms with Gasteiger partial charge in [0.15, 0.2) is 0 Å². The Bertz CT molecular complexity index is 499. The van der Waals surface area contributed by atoms with Gasteiger partial charge < -0.3 is 0 Å². The molecule has 2 aromatic rings. The molecule has 16 heavy (non-hydrogen) atoms. The lowest BCUT2D eigenvalue weighted by atomic mass is 10.1. The van der Waals surface area contributed by atoms with E-state index in [4.69, 9.17) is 0 Å². The molecule has 0 aliphatic carbocycles. The Morgan fingerprint density at radius 3 is 2.56 bits per heavy atom. The van der Waals surface area contributed by atoms with E-state index in [0.717, 1.165) is 10.0 Å². The van der Waals surface area contributed by atoms with Crippen molar-refractivity contribution in [2.45, 2.75) is 26.3 Å². The van der Waals surface area contributed by atoms with E-state index in [9.17, 15) is 0 Å².